The molecule has 0 saturated carbocycles. The van der Waals surface area contributed by atoms with E-state index in [1.807, 2.05) is 0 Å². The van der Waals surface area contributed by atoms with Gasteiger partial charge in [-0.15, -0.1) is 0 Å². The van der Waals surface area contributed by atoms with Crippen molar-refractivity contribution in [1.82, 2.24) is 15.2 Å². The molecule has 0 fully saturated rings. The summed E-state index contributed by atoms with van der Waals surface area (Å²) in [5, 5.41) is 7.57. The van der Waals surface area contributed by atoms with Gasteiger partial charge >= 0.3 is 0 Å². The van der Waals surface area contributed by atoms with Crippen molar-refractivity contribution in [3.05, 3.63) is 154 Å². The van der Waals surface area contributed by atoms with Crippen molar-refractivity contribution >= 4 is 0 Å². The first kappa shape index (κ1) is 21.3. The number of hydrogen-bond donors (Lipinski definition) is 1. The molecule has 0 amide bonds. The lowest BCUT2D eigenvalue weighted by Crippen LogP contribution is -2.27. The molecule has 1 aromatic heterocycles. The van der Waals surface area contributed by atoms with Crippen molar-refractivity contribution in [2.45, 2.75) is 18.8 Å². The summed E-state index contributed by atoms with van der Waals surface area (Å²) in [4.78, 5) is 4.74. The average molecular weight is 488 g/mol. The number of aromatic amines is 1. The van der Waals surface area contributed by atoms with Crippen molar-refractivity contribution in [3.8, 4) is 33.9 Å². The third-order valence-electron chi connectivity index (χ3n) is 8.23. The zero-order valence-corrected chi connectivity index (χ0v) is 21.0. The lowest BCUT2D eigenvalue weighted by atomic mass is 9.61. The third kappa shape index (κ3) is 3.15. The van der Waals surface area contributed by atoms with Crippen LogP contribution in [0, 0.1) is 6.92 Å². The van der Waals surface area contributed by atoms with Gasteiger partial charge < -0.3 is 0 Å². The molecule has 38 heavy (non-hydrogen) atoms. The minimum Gasteiger partial charge on any atom is -0.259 e. The molecule has 0 radical (unpaired) electrons. The van der Waals surface area contributed by atoms with Crippen LogP contribution >= 0.6 is 0 Å². The Morgan fingerprint density at radius 1 is 0.500 bits per heavy atom. The van der Waals surface area contributed by atoms with Crippen LogP contribution in [0.3, 0.4) is 0 Å². The van der Waals surface area contributed by atoms with Crippen LogP contribution in [0.4, 0.5) is 0 Å². The number of aryl methyl sites for hydroxylation is 1. The average Bonchev–Trinajstić information content (AvgIpc) is 3.47. The molecule has 1 heterocycles. The van der Waals surface area contributed by atoms with Gasteiger partial charge in [-0.25, -0.2) is 4.98 Å². The van der Waals surface area contributed by atoms with Crippen molar-refractivity contribution < 1.29 is 0 Å². The Hall–Kier alpha value is -4.76. The van der Waals surface area contributed by atoms with Gasteiger partial charge in [0.1, 0.15) is 0 Å². The molecule has 3 aliphatic carbocycles. The quantitative estimate of drug-likeness (QED) is 0.273. The van der Waals surface area contributed by atoms with Crippen LogP contribution in [0.2, 0.25) is 0 Å². The molecular weight excluding hydrogens is 462 g/mol. The zero-order valence-electron chi connectivity index (χ0n) is 21.0. The predicted molar refractivity (Wildman–Crippen MR) is 152 cm³/mol. The maximum Gasteiger partial charge on any atom is 0.181 e. The summed E-state index contributed by atoms with van der Waals surface area (Å²) in [5.74, 6) is 2.10. The number of H-pyrrole nitrogens is 1. The van der Waals surface area contributed by atoms with Gasteiger partial charge in [-0.3, -0.25) is 5.10 Å². The molecule has 0 atom stereocenters. The van der Waals surface area contributed by atoms with E-state index in [0.29, 0.717) is 11.7 Å². The molecule has 0 saturated heterocycles. The van der Waals surface area contributed by atoms with E-state index in [-0.39, 0.29) is 5.92 Å². The highest BCUT2D eigenvalue weighted by atomic mass is 15.2. The minimum absolute atomic E-state index is 0.287. The fourth-order valence-corrected chi connectivity index (χ4v) is 6.39. The van der Waals surface area contributed by atoms with Gasteiger partial charge in [0, 0.05) is 23.0 Å². The molecule has 0 unspecified atom stereocenters. The van der Waals surface area contributed by atoms with Gasteiger partial charge in [-0.2, -0.15) is 5.10 Å². The second-order valence-corrected chi connectivity index (χ2v) is 10.4. The molecule has 0 spiro atoms. The van der Waals surface area contributed by atoms with E-state index in [1.54, 1.807) is 0 Å². The first-order chi connectivity index (χ1) is 18.7. The van der Waals surface area contributed by atoms with E-state index in [2.05, 4.69) is 132 Å². The van der Waals surface area contributed by atoms with E-state index in [4.69, 9.17) is 4.98 Å². The molecular formula is C35H25N3. The lowest BCUT2D eigenvalue weighted by Gasteiger charge is -2.42. The first-order valence-corrected chi connectivity index (χ1v) is 13.2. The molecule has 5 aromatic carbocycles. The fraction of sp³-hybridized carbons (Fsp3) is 0.0857. The SMILES string of the molecule is Cc1ccc(-c2nc(-c3ccc(-c4ccc5c(c4)C4c6ccccc6C5c5ccccc54)cc3)n[nH]2)cc1. The second kappa shape index (κ2) is 8.12. The van der Waals surface area contributed by atoms with E-state index < -0.39 is 0 Å². The molecule has 180 valence electrons. The Labute approximate surface area is 221 Å². The van der Waals surface area contributed by atoms with Crippen molar-refractivity contribution in [2.24, 2.45) is 0 Å². The molecule has 3 nitrogen and oxygen atoms in total. The highest BCUT2D eigenvalue weighted by Gasteiger charge is 2.40. The number of rotatable bonds is 3. The van der Waals surface area contributed by atoms with Gasteiger partial charge in [0.25, 0.3) is 0 Å². The van der Waals surface area contributed by atoms with Crippen LogP contribution in [-0.4, -0.2) is 15.2 Å². The van der Waals surface area contributed by atoms with Crippen LogP contribution in [0.1, 0.15) is 50.8 Å². The Balaban J connectivity index is 1.15. The largest absolute Gasteiger partial charge is 0.259 e. The van der Waals surface area contributed by atoms with Crippen LogP contribution < -0.4 is 0 Å². The van der Waals surface area contributed by atoms with Crippen LogP contribution in [-0.2, 0) is 0 Å². The molecule has 3 aliphatic rings. The summed E-state index contributed by atoms with van der Waals surface area (Å²) in [6.45, 7) is 2.09. The van der Waals surface area contributed by atoms with E-state index in [1.165, 1.54) is 50.1 Å². The molecule has 3 heteroatoms. The first-order valence-electron chi connectivity index (χ1n) is 13.2. The maximum atomic E-state index is 4.74. The Morgan fingerprint density at radius 3 is 1.63 bits per heavy atom. The number of benzene rings is 5. The van der Waals surface area contributed by atoms with Crippen molar-refractivity contribution in [1.29, 1.82) is 0 Å². The number of aromatic nitrogens is 3. The van der Waals surface area contributed by atoms with E-state index in [9.17, 15) is 0 Å². The summed E-state index contributed by atoms with van der Waals surface area (Å²) in [6, 6.07) is 41.9. The van der Waals surface area contributed by atoms with Crippen LogP contribution in [0.25, 0.3) is 33.9 Å². The monoisotopic (exact) mass is 487 g/mol. The number of nitrogens with zero attached hydrogens (tertiary/aromatic N) is 2. The third-order valence-corrected chi connectivity index (χ3v) is 8.23. The lowest BCUT2D eigenvalue weighted by molar-refractivity contribution is 0.755. The van der Waals surface area contributed by atoms with Gasteiger partial charge in [0.15, 0.2) is 11.6 Å². The summed E-state index contributed by atoms with van der Waals surface area (Å²) in [5.41, 5.74) is 14.4. The van der Waals surface area contributed by atoms with Crippen molar-refractivity contribution in [2.75, 3.05) is 0 Å². The van der Waals surface area contributed by atoms with Crippen LogP contribution in [0.5, 0.6) is 0 Å². The standard InChI is InChI=1S/C35H25N3/c1-21-10-12-23(13-11-21)34-36-35(38-37-34)24-16-14-22(15-17-24)25-18-19-30-31(20-25)33-28-8-4-2-6-26(28)32(30)27-7-3-5-9-29(27)33/h2-20,32-33H,1H3,(H,36,37,38). The molecule has 9 rings (SSSR count). The number of hydrogen-bond acceptors (Lipinski definition) is 2. The zero-order chi connectivity index (χ0) is 25.2. The minimum atomic E-state index is 0.287. The van der Waals surface area contributed by atoms with Gasteiger partial charge in [0.05, 0.1) is 0 Å². The van der Waals surface area contributed by atoms with Crippen molar-refractivity contribution in [3.63, 3.8) is 0 Å². The summed E-state index contributed by atoms with van der Waals surface area (Å²) < 4.78 is 0. The predicted octanol–water partition coefficient (Wildman–Crippen LogP) is 8.10. The van der Waals surface area contributed by atoms with Crippen LogP contribution in [0.15, 0.2) is 115 Å². The Bertz CT molecular complexity index is 1780. The summed E-state index contributed by atoms with van der Waals surface area (Å²) in [7, 11) is 0. The number of nitrogens with one attached hydrogen (secondary N) is 1. The smallest absolute Gasteiger partial charge is 0.181 e. The van der Waals surface area contributed by atoms with Gasteiger partial charge in [-0.05, 0) is 57.5 Å². The summed E-state index contributed by atoms with van der Waals surface area (Å²) in [6.07, 6.45) is 0. The molecule has 2 bridgehead atoms. The van der Waals surface area contributed by atoms with Gasteiger partial charge in [-0.1, -0.05) is 115 Å². The normalized spacial score (nSPS) is 16.6. The Kier molecular flexibility index (Phi) is 4.56. The van der Waals surface area contributed by atoms with E-state index >= 15 is 0 Å². The fourth-order valence-electron chi connectivity index (χ4n) is 6.39. The second-order valence-electron chi connectivity index (χ2n) is 10.4. The maximum absolute atomic E-state index is 4.74. The molecule has 0 aliphatic heterocycles. The highest BCUT2D eigenvalue weighted by Crippen LogP contribution is 2.56. The highest BCUT2D eigenvalue weighted by molar-refractivity contribution is 5.74. The molecule has 6 aromatic rings. The Morgan fingerprint density at radius 2 is 1.00 bits per heavy atom. The summed E-state index contributed by atoms with van der Waals surface area (Å²) >= 11 is 0. The topological polar surface area (TPSA) is 41.6 Å². The van der Waals surface area contributed by atoms with E-state index in [0.717, 1.165) is 17.0 Å². The van der Waals surface area contributed by atoms with Gasteiger partial charge in [0.2, 0.25) is 0 Å². The molecule has 1 N–H and O–H groups in total.